The second kappa shape index (κ2) is 3.75. The van der Waals surface area contributed by atoms with Gasteiger partial charge < -0.3 is 11.1 Å². The van der Waals surface area contributed by atoms with Gasteiger partial charge in [0.05, 0.1) is 0 Å². The molecule has 13 heavy (non-hydrogen) atoms. The quantitative estimate of drug-likeness (QED) is 0.683. The molecule has 0 aromatic carbocycles. The molecule has 1 aliphatic rings. The maximum atomic E-state index is 5.52. The van der Waals surface area contributed by atoms with E-state index < -0.39 is 0 Å². The lowest BCUT2D eigenvalue weighted by atomic mass is 9.99. The average Bonchev–Trinajstić information content (AvgIpc) is 2.20. The predicted molar refractivity (Wildman–Crippen MR) is 53.2 cm³/mol. The van der Waals surface area contributed by atoms with Crippen LogP contribution in [-0.4, -0.2) is 11.5 Å². The molecule has 3 N–H and O–H groups in total. The molecule has 3 heteroatoms. The van der Waals surface area contributed by atoms with Crippen LogP contribution in [0.25, 0.3) is 0 Å². The molecule has 0 aliphatic carbocycles. The maximum absolute atomic E-state index is 5.52. The predicted octanol–water partition coefficient (Wildman–Crippen LogP) is 1.48. The zero-order chi connectivity index (χ0) is 9.10. The Morgan fingerprint density at radius 2 is 2.31 bits per heavy atom. The standard InChI is InChI=1S/C10H15N3/c11-10-5-4-8(7-13-10)9-3-1-2-6-12-9/h4-5,7,9,12H,1-3,6H2,(H2,11,13)/t9-/m0/s1. The highest BCUT2D eigenvalue weighted by Gasteiger charge is 2.14. The molecule has 1 atom stereocenters. The Hall–Kier alpha value is -1.09. The Kier molecular flexibility index (Phi) is 2.45. The number of rotatable bonds is 1. The van der Waals surface area contributed by atoms with Crippen molar-refractivity contribution in [2.45, 2.75) is 25.3 Å². The average molecular weight is 177 g/mol. The molecule has 0 unspecified atom stereocenters. The number of aromatic nitrogens is 1. The minimum absolute atomic E-state index is 0.488. The van der Waals surface area contributed by atoms with Crippen LogP contribution < -0.4 is 11.1 Å². The van der Waals surface area contributed by atoms with Crippen molar-refractivity contribution in [3.8, 4) is 0 Å². The topological polar surface area (TPSA) is 50.9 Å². The van der Waals surface area contributed by atoms with Crippen molar-refractivity contribution in [2.75, 3.05) is 12.3 Å². The largest absolute Gasteiger partial charge is 0.384 e. The number of piperidine rings is 1. The summed E-state index contributed by atoms with van der Waals surface area (Å²) in [4.78, 5) is 4.09. The molecular formula is C10H15N3. The highest BCUT2D eigenvalue weighted by atomic mass is 14.9. The van der Waals surface area contributed by atoms with Gasteiger partial charge in [-0.05, 0) is 31.0 Å². The van der Waals surface area contributed by atoms with Gasteiger partial charge in [0, 0.05) is 12.2 Å². The van der Waals surface area contributed by atoms with Crippen LogP contribution in [0.2, 0.25) is 0 Å². The van der Waals surface area contributed by atoms with Crippen LogP contribution in [0.3, 0.4) is 0 Å². The van der Waals surface area contributed by atoms with Gasteiger partial charge in [-0.15, -0.1) is 0 Å². The number of hydrogen-bond donors (Lipinski definition) is 2. The van der Waals surface area contributed by atoms with Crippen molar-refractivity contribution in [2.24, 2.45) is 0 Å². The van der Waals surface area contributed by atoms with Crippen LogP contribution in [0.15, 0.2) is 18.3 Å². The van der Waals surface area contributed by atoms with Crippen molar-refractivity contribution < 1.29 is 0 Å². The lowest BCUT2D eigenvalue weighted by molar-refractivity contribution is 0.411. The first-order valence-electron chi connectivity index (χ1n) is 4.81. The molecule has 2 rings (SSSR count). The van der Waals surface area contributed by atoms with Gasteiger partial charge in [0.1, 0.15) is 5.82 Å². The van der Waals surface area contributed by atoms with Gasteiger partial charge in [-0.2, -0.15) is 0 Å². The first-order valence-corrected chi connectivity index (χ1v) is 4.81. The van der Waals surface area contributed by atoms with Gasteiger partial charge in [-0.3, -0.25) is 0 Å². The van der Waals surface area contributed by atoms with Gasteiger partial charge in [-0.1, -0.05) is 12.5 Å². The Bertz CT molecular complexity index is 262. The van der Waals surface area contributed by atoms with E-state index in [9.17, 15) is 0 Å². The number of anilines is 1. The molecule has 1 fully saturated rings. The number of nitrogens with two attached hydrogens (primary N) is 1. The summed E-state index contributed by atoms with van der Waals surface area (Å²) in [6, 6.07) is 4.42. The summed E-state index contributed by atoms with van der Waals surface area (Å²) < 4.78 is 0. The van der Waals surface area contributed by atoms with E-state index in [1.165, 1.54) is 24.8 Å². The minimum atomic E-state index is 0.488. The fourth-order valence-electron chi connectivity index (χ4n) is 1.76. The molecule has 0 radical (unpaired) electrons. The number of nitrogen functional groups attached to an aromatic ring is 1. The van der Waals surface area contributed by atoms with Crippen LogP contribution in [0, 0.1) is 0 Å². The van der Waals surface area contributed by atoms with Crippen molar-refractivity contribution in [1.29, 1.82) is 0 Å². The summed E-state index contributed by atoms with van der Waals surface area (Å²) >= 11 is 0. The Morgan fingerprint density at radius 3 is 2.92 bits per heavy atom. The zero-order valence-electron chi connectivity index (χ0n) is 7.66. The number of pyridine rings is 1. The third kappa shape index (κ3) is 1.98. The van der Waals surface area contributed by atoms with Crippen molar-refractivity contribution in [3.63, 3.8) is 0 Å². The van der Waals surface area contributed by atoms with Gasteiger partial charge in [-0.25, -0.2) is 4.98 Å². The second-order valence-corrected chi connectivity index (χ2v) is 3.52. The molecule has 70 valence electrons. The van der Waals surface area contributed by atoms with Gasteiger partial charge >= 0.3 is 0 Å². The minimum Gasteiger partial charge on any atom is -0.384 e. The molecule has 3 nitrogen and oxygen atoms in total. The highest BCUT2D eigenvalue weighted by Crippen LogP contribution is 2.22. The van der Waals surface area contributed by atoms with Crippen molar-refractivity contribution in [1.82, 2.24) is 10.3 Å². The summed E-state index contributed by atoms with van der Waals surface area (Å²) in [7, 11) is 0. The second-order valence-electron chi connectivity index (χ2n) is 3.52. The van der Waals surface area contributed by atoms with E-state index in [0.717, 1.165) is 6.54 Å². The van der Waals surface area contributed by atoms with E-state index in [2.05, 4.69) is 16.4 Å². The third-order valence-corrected chi connectivity index (χ3v) is 2.52. The molecule has 1 aromatic rings. The maximum Gasteiger partial charge on any atom is 0.123 e. The molecular weight excluding hydrogens is 162 g/mol. The van der Waals surface area contributed by atoms with E-state index in [1.54, 1.807) is 0 Å². The number of nitrogens with one attached hydrogen (secondary N) is 1. The summed E-state index contributed by atoms with van der Waals surface area (Å²) in [6.45, 7) is 1.12. The molecule has 0 amide bonds. The van der Waals surface area contributed by atoms with E-state index in [1.807, 2.05) is 12.3 Å². The lowest BCUT2D eigenvalue weighted by Gasteiger charge is -2.23. The molecule has 2 heterocycles. The zero-order valence-corrected chi connectivity index (χ0v) is 7.66. The van der Waals surface area contributed by atoms with Gasteiger partial charge in [0.25, 0.3) is 0 Å². The molecule has 0 bridgehead atoms. The summed E-state index contributed by atoms with van der Waals surface area (Å²) in [6.07, 6.45) is 5.69. The van der Waals surface area contributed by atoms with Crippen LogP contribution in [0.1, 0.15) is 30.9 Å². The molecule has 0 spiro atoms. The summed E-state index contributed by atoms with van der Waals surface area (Å²) in [5.74, 6) is 0.597. The highest BCUT2D eigenvalue weighted by molar-refractivity contribution is 5.30. The normalized spacial score (nSPS) is 22.9. The SMILES string of the molecule is Nc1ccc([C@@H]2CCCCN2)cn1. The monoisotopic (exact) mass is 177 g/mol. The molecule has 1 aliphatic heterocycles. The fourth-order valence-corrected chi connectivity index (χ4v) is 1.76. The molecule has 0 saturated carbocycles. The lowest BCUT2D eigenvalue weighted by Crippen LogP contribution is -2.26. The smallest absolute Gasteiger partial charge is 0.123 e. The third-order valence-electron chi connectivity index (χ3n) is 2.52. The Labute approximate surface area is 78.4 Å². The van der Waals surface area contributed by atoms with E-state index in [-0.39, 0.29) is 0 Å². The molecule has 1 saturated heterocycles. The van der Waals surface area contributed by atoms with Crippen LogP contribution in [-0.2, 0) is 0 Å². The Morgan fingerprint density at radius 1 is 1.38 bits per heavy atom. The fraction of sp³-hybridized carbons (Fsp3) is 0.500. The number of hydrogen-bond acceptors (Lipinski definition) is 3. The van der Waals surface area contributed by atoms with Crippen LogP contribution >= 0.6 is 0 Å². The Balaban J connectivity index is 2.10. The van der Waals surface area contributed by atoms with Gasteiger partial charge in [0.15, 0.2) is 0 Å². The van der Waals surface area contributed by atoms with Crippen LogP contribution in [0.5, 0.6) is 0 Å². The van der Waals surface area contributed by atoms with Gasteiger partial charge in [0.2, 0.25) is 0 Å². The number of nitrogens with zero attached hydrogens (tertiary/aromatic N) is 1. The van der Waals surface area contributed by atoms with Crippen molar-refractivity contribution >= 4 is 5.82 Å². The summed E-state index contributed by atoms with van der Waals surface area (Å²) in [5, 5.41) is 3.47. The van der Waals surface area contributed by atoms with Crippen molar-refractivity contribution in [3.05, 3.63) is 23.9 Å². The van der Waals surface area contributed by atoms with E-state index >= 15 is 0 Å². The first-order chi connectivity index (χ1) is 6.36. The van der Waals surface area contributed by atoms with E-state index in [4.69, 9.17) is 5.73 Å². The summed E-state index contributed by atoms with van der Waals surface area (Å²) in [5.41, 5.74) is 6.78. The van der Waals surface area contributed by atoms with E-state index in [0.29, 0.717) is 11.9 Å². The van der Waals surface area contributed by atoms with Crippen LogP contribution in [0.4, 0.5) is 5.82 Å². The molecule has 1 aromatic heterocycles. The first kappa shape index (κ1) is 8.51.